The van der Waals surface area contributed by atoms with Crippen LogP contribution >= 0.6 is 0 Å². The summed E-state index contributed by atoms with van der Waals surface area (Å²) in [6.07, 6.45) is 6.00. The summed E-state index contributed by atoms with van der Waals surface area (Å²) in [6, 6.07) is 6.65. The van der Waals surface area contributed by atoms with Crippen molar-refractivity contribution >= 4 is 29.2 Å². The van der Waals surface area contributed by atoms with Gasteiger partial charge < -0.3 is 20.4 Å². The molecule has 0 aromatic heterocycles. The number of nitrogens with zero attached hydrogens (tertiary/aromatic N) is 2. The van der Waals surface area contributed by atoms with Crippen LogP contribution in [-0.2, 0) is 9.59 Å². The van der Waals surface area contributed by atoms with Crippen LogP contribution in [0.5, 0.6) is 0 Å². The third-order valence-electron chi connectivity index (χ3n) is 5.63. The summed E-state index contributed by atoms with van der Waals surface area (Å²) in [6.45, 7) is 5.94. The Morgan fingerprint density at radius 2 is 1.45 bits per heavy atom. The maximum Gasteiger partial charge on any atom is 0.321 e. The Morgan fingerprint density at radius 3 is 2.03 bits per heavy atom. The van der Waals surface area contributed by atoms with Gasteiger partial charge in [-0.15, -0.1) is 0 Å². The van der Waals surface area contributed by atoms with E-state index >= 15 is 0 Å². The highest BCUT2D eigenvalue weighted by molar-refractivity contribution is 5.98. The van der Waals surface area contributed by atoms with Gasteiger partial charge in [-0.3, -0.25) is 9.59 Å². The van der Waals surface area contributed by atoms with Crippen LogP contribution in [-0.4, -0.2) is 53.3 Å². The zero-order valence-corrected chi connectivity index (χ0v) is 17.4. The first-order valence-electron chi connectivity index (χ1n) is 10.7. The molecule has 2 saturated heterocycles. The highest BCUT2D eigenvalue weighted by Crippen LogP contribution is 2.22. The lowest BCUT2D eigenvalue weighted by Gasteiger charge is -2.25. The van der Waals surface area contributed by atoms with Crippen LogP contribution < -0.4 is 10.6 Å². The second kappa shape index (κ2) is 9.76. The molecule has 0 aliphatic carbocycles. The minimum absolute atomic E-state index is 0.0224. The molecule has 2 N–H and O–H groups in total. The molecular formula is C22H32N4O3. The molecule has 0 saturated carbocycles. The van der Waals surface area contributed by atoms with Gasteiger partial charge in [-0.05, 0) is 49.9 Å². The van der Waals surface area contributed by atoms with Crippen LogP contribution in [0.25, 0.3) is 0 Å². The summed E-state index contributed by atoms with van der Waals surface area (Å²) >= 11 is 0. The average Bonchev–Trinajstić information content (AvgIpc) is 3.03. The topological polar surface area (TPSA) is 81.8 Å². The van der Waals surface area contributed by atoms with E-state index in [1.807, 2.05) is 18.7 Å². The molecule has 158 valence electrons. The van der Waals surface area contributed by atoms with Gasteiger partial charge in [0.05, 0.1) is 0 Å². The minimum atomic E-state index is -0.410. The summed E-state index contributed by atoms with van der Waals surface area (Å²) in [5, 5.41) is 5.83. The molecule has 1 aromatic carbocycles. The Kier molecular flexibility index (Phi) is 7.12. The average molecular weight is 401 g/mol. The van der Waals surface area contributed by atoms with Gasteiger partial charge in [0.1, 0.15) is 6.04 Å². The molecule has 2 heterocycles. The van der Waals surface area contributed by atoms with Crippen molar-refractivity contribution in [3.05, 3.63) is 24.3 Å². The molecule has 1 atom stereocenters. The lowest BCUT2D eigenvalue weighted by molar-refractivity contribution is -0.139. The van der Waals surface area contributed by atoms with E-state index in [1.165, 1.54) is 12.8 Å². The summed E-state index contributed by atoms with van der Waals surface area (Å²) < 4.78 is 0. The van der Waals surface area contributed by atoms with Gasteiger partial charge >= 0.3 is 6.03 Å². The van der Waals surface area contributed by atoms with Gasteiger partial charge in [0.2, 0.25) is 11.8 Å². The third kappa shape index (κ3) is 5.49. The molecule has 2 aliphatic rings. The van der Waals surface area contributed by atoms with Crippen molar-refractivity contribution in [1.82, 2.24) is 9.80 Å². The molecule has 4 amide bonds. The van der Waals surface area contributed by atoms with E-state index in [4.69, 9.17) is 0 Å². The largest absolute Gasteiger partial charge is 0.330 e. The molecule has 0 unspecified atom stereocenters. The Bertz CT molecular complexity index is 724. The number of rotatable bonds is 4. The maximum absolute atomic E-state index is 12.7. The van der Waals surface area contributed by atoms with Crippen molar-refractivity contribution in [2.45, 2.75) is 58.4 Å². The van der Waals surface area contributed by atoms with E-state index in [1.54, 1.807) is 29.2 Å². The van der Waals surface area contributed by atoms with Crippen molar-refractivity contribution < 1.29 is 14.4 Å². The maximum atomic E-state index is 12.7. The van der Waals surface area contributed by atoms with E-state index in [9.17, 15) is 14.4 Å². The highest BCUT2D eigenvalue weighted by Gasteiger charge is 2.34. The normalized spacial score (nSPS) is 19.8. The lowest BCUT2D eigenvalue weighted by atomic mass is 10.1. The van der Waals surface area contributed by atoms with E-state index in [2.05, 4.69) is 10.6 Å². The SMILES string of the molecule is CC(C)C(=O)N1CCC[C@@H]1C(=O)Nc1ccc(NC(=O)N2CCCCCC2)cc1. The van der Waals surface area contributed by atoms with E-state index in [0.717, 1.165) is 32.4 Å². The van der Waals surface area contributed by atoms with Crippen LogP contribution in [0.15, 0.2) is 24.3 Å². The smallest absolute Gasteiger partial charge is 0.321 e. The predicted octanol–water partition coefficient (Wildman–Crippen LogP) is 3.68. The van der Waals surface area contributed by atoms with Crippen LogP contribution in [0.4, 0.5) is 16.2 Å². The fourth-order valence-electron chi connectivity index (χ4n) is 3.97. The lowest BCUT2D eigenvalue weighted by Crippen LogP contribution is -2.44. The van der Waals surface area contributed by atoms with E-state index < -0.39 is 6.04 Å². The van der Waals surface area contributed by atoms with Gasteiger partial charge in [0.15, 0.2) is 0 Å². The van der Waals surface area contributed by atoms with Gasteiger partial charge in [0.25, 0.3) is 0 Å². The molecular weight excluding hydrogens is 368 g/mol. The van der Waals surface area contributed by atoms with Gasteiger partial charge in [-0.1, -0.05) is 26.7 Å². The summed E-state index contributed by atoms with van der Waals surface area (Å²) in [5.41, 5.74) is 1.36. The first-order chi connectivity index (χ1) is 14.0. The number of amides is 4. The molecule has 0 bridgehead atoms. The zero-order valence-electron chi connectivity index (χ0n) is 17.4. The summed E-state index contributed by atoms with van der Waals surface area (Å²) in [7, 11) is 0. The van der Waals surface area contributed by atoms with Gasteiger partial charge in [-0.2, -0.15) is 0 Å². The Labute approximate surface area is 172 Å². The fourth-order valence-corrected chi connectivity index (χ4v) is 3.97. The number of nitrogens with one attached hydrogen (secondary N) is 2. The number of hydrogen-bond acceptors (Lipinski definition) is 3. The van der Waals surface area contributed by atoms with Crippen molar-refractivity contribution in [3.8, 4) is 0 Å². The molecule has 29 heavy (non-hydrogen) atoms. The minimum Gasteiger partial charge on any atom is -0.330 e. The second-order valence-electron chi connectivity index (χ2n) is 8.24. The first-order valence-corrected chi connectivity index (χ1v) is 10.7. The van der Waals surface area contributed by atoms with Crippen LogP contribution in [0.3, 0.4) is 0 Å². The Morgan fingerprint density at radius 1 is 0.862 bits per heavy atom. The summed E-state index contributed by atoms with van der Waals surface area (Å²) in [4.78, 5) is 41.0. The van der Waals surface area contributed by atoms with Crippen molar-refractivity contribution in [3.63, 3.8) is 0 Å². The Hall–Kier alpha value is -2.57. The zero-order chi connectivity index (χ0) is 20.8. The number of benzene rings is 1. The standard InChI is InChI=1S/C22H32N4O3/c1-16(2)21(28)26-15-7-8-19(26)20(27)23-17-9-11-18(12-10-17)24-22(29)25-13-5-3-4-6-14-25/h9-12,16,19H,3-8,13-15H2,1-2H3,(H,23,27)(H,24,29)/t19-/m1/s1. The van der Waals surface area contributed by atoms with Crippen LogP contribution in [0, 0.1) is 5.92 Å². The molecule has 7 nitrogen and oxygen atoms in total. The molecule has 3 rings (SSSR count). The Balaban J connectivity index is 1.55. The molecule has 2 fully saturated rings. The van der Waals surface area contributed by atoms with Gasteiger partial charge in [-0.25, -0.2) is 4.79 Å². The molecule has 0 spiro atoms. The quantitative estimate of drug-likeness (QED) is 0.809. The van der Waals surface area contributed by atoms with Crippen molar-refractivity contribution in [1.29, 1.82) is 0 Å². The van der Waals surface area contributed by atoms with E-state index in [-0.39, 0.29) is 23.8 Å². The van der Waals surface area contributed by atoms with Crippen molar-refractivity contribution in [2.75, 3.05) is 30.3 Å². The number of likely N-dealkylation sites (tertiary alicyclic amines) is 2. The van der Waals surface area contributed by atoms with Crippen molar-refractivity contribution in [2.24, 2.45) is 5.92 Å². The second-order valence-corrected chi connectivity index (χ2v) is 8.24. The first kappa shape index (κ1) is 21.1. The molecule has 1 aromatic rings. The summed E-state index contributed by atoms with van der Waals surface area (Å²) in [5.74, 6) is -0.248. The third-order valence-corrected chi connectivity index (χ3v) is 5.63. The van der Waals surface area contributed by atoms with Crippen LogP contribution in [0.1, 0.15) is 52.4 Å². The number of urea groups is 1. The number of carbonyl (C=O) groups is 3. The number of carbonyl (C=O) groups excluding carboxylic acids is 3. The fraction of sp³-hybridized carbons (Fsp3) is 0.591. The van der Waals surface area contributed by atoms with Gasteiger partial charge in [0, 0.05) is 36.9 Å². The highest BCUT2D eigenvalue weighted by atomic mass is 16.2. The van der Waals surface area contributed by atoms with Crippen LogP contribution in [0.2, 0.25) is 0 Å². The number of hydrogen-bond donors (Lipinski definition) is 2. The molecule has 2 aliphatic heterocycles. The molecule has 7 heteroatoms. The monoisotopic (exact) mass is 400 g/mol. The molecule has 0 radical (unpaired) electrons. The number of anilines is 2. The predicted molar refractivity (Wildman–Crippen MR) is 114 cm³/mol. The van der Waals surface area contributed by atoms with E-state index in [0.29, 0.717) is 24.3 Å².